The van der Waals surface area contributed by atoms with Gasteiger partial charge in [0.15, 0.2) is 0 Å². The van der Waals surface area contributed by atoms with Crippen molar-refractivity contribution in [2.45, 2.75) is 13.5 Å². The van der Waals surface area contributed by atoms with E-state index in [-0.39, 0.29) is 0 Å². The summed E-state index contributed by atoms with van der Waals surface area (Å²) < 4.78 is 10.6. The van der Waals surface area contributed by atoms with Crippen LogP contribution in [0.1, 0.15) is 11.5 Å². The summed E-state index contributed by atoms with van der Waals surface area (Å²) in [7, 11) is 3.26. The SMILES string of the molecule is COc1ccc(OC)c(-c2cc(CN)nc(C)n2)c1. The van der Waals surface area contributed by atoms with Gasteiger partial charge in [0.1, 0.15) is 17.3 Å². The first-order valence-electron chi connectivity index (χ1n) is 5.95. The summed E-state index contributed by atoms with van der Waals surface area (Å²) in [5.74, 6) is 2.17. The average Bonchev–Trinajstić information content (AvgIpc) is 2.45. The van der Waals surface area contributed by atoms with Gasteiger partial charge in [-0.25, -0.2) is 9.97 Å². The highest BCUT2D eigenvalue weighted by atomic mass is 16.5. The van der Waals surface area contributed by atoms with Gasteiger partial charge in [0, 0.05) is 12.1 Å². The summed E-state index contributed by atoms with van der Waals surface area (Å²) in [6.45, 7) is 2.22. The fourth-order valence-electron chi connectivity index (χ4n) is 1.89. The number of benzene rings is 1. The van der Waals surface area contributed by atoms with Crippen molar-refractivity contribution in [2.75, 3.05) is 14.2 Å². The molecule has 1 heterocycles. The van der Waals surface area contributed by atoms with Crippen LogP contribution in [0.4, 0.5) is 0 Å². The Hall–Kier alpha value is -2.14. The molecule has 0 aliphatic heterocycles. The van der Waals surface area contributed by atoms with E-state index in [1.165, 1.54) is 0 Å². The highest BCUT2D eigenvalue weighted by Gasteiger charge is 2.11. The Balaban J connectivity index is 2.59. The molecule has 5 heteroatoms. The summed E-state index contributed by atoms with van der Waals surface area (Å²) in [6, 6.07) is 7.46. The molecule has 2 rings (SSSR count). The second-order valence-corrected chi connectivity index (χ2v) is 4.06. The van der Waals surface area contributed by atoms with Gasteiger partial charge in [-0.2, -0.15) is 0 Å². The molecular weight excluding hydrogens is 242 g/mol. The van der Waals surface area contributed by atoms with Crippen molar-refractivity contribution in [3.63, 3.8) is 0 Å². The normalized spacial score (nSPS) is 10.3. The molecule has 0 aliphatic carbocycles. The summed E-state index contributed by atoms with van der Waals surface area (Å²) in [6.07, 6.45) is 0. The van der Waals surface area contributed by atoms with E-state index in [0.717, 1.165) is 28.5 Å². The Labute approximate surface area is 112 Å². The van der Waals surface area contributed by atoms with Crippen molar-refractivity contribution in [3.8, 4) is 22.8 Å². The second-order valence-electron chi connectivity index (χ2n) is 4.06. The third kappa shape index (κ3) is 2.82. The fourth-order valence-corrected chi connectivity index (χ4v) is 1.89. The van der Waals surface area contributed by atoms with Gasteiger partial charge in [0.05, 0.1) is 25.6 Å². The number of nitrogens with two attached hydrogens (primary N) is 1. The molecule has 0 unspecified atom stereocenters. The number of ether oxygens (including phenoxy) is 2. The molecule has 0 radical (unpaired) electrons. The molecule has 0 aliphatic rings. The van der Waals surface area contributed by atoms with E-state index < -0.39 is 0 Å². The standard InChI is InChI=1S/C14H17N3O2/c1-9-16-10(8-15)6-13(17-9)12-7-11(18-2)4-5-14(12)19-3/h4-7H,8,15H2,1-3H3. The Kier molecular flexibility index (Phi) is 3.97. The zero-order valence-electron chi connectivity index (χ0n) is 11.3. The van der Waals surface area contributed by atoms with Crippen molar-refractivity contribution < 1.29 is 9.47 Å². The molecule has 19 heavy (non-hydrogen) atoms. The zero-order valence-corrected chi connectivity index (χ0v) is 11.3. The maximum Gasteiger partial charge on any atom is 0.128 e. The number of aromatic nitrogens is 2. The molecule has 0 saturated carbocycles. The lowest BCUT2D eigenvalue weighted by Crippen LogP contribution is -2.03. The number of methoxy groups -OCH3 is 2. The molecule has 0 bridgehead atoms. The van der Waals surface area contributed by atoms with Crippen LogP contribution in [0.3, 0.4) is 0 Å². The minimum atomic E-state index is 0.378. The average molecular weight is 259 g/mol. The van der Waals surface area contributed by atoms with Crippen LogP contribution >= 0.6 is 0 Å². The highest BCUT2D eigenvalue weighted by Crippen LogP contribution is 2.32. The lowest BCUT2D eigenvalue weighted by molar-refractivity contribution is 0.404. The van der Waals surface area contributed by atoms with Crippen molar-refractivity contribution in [1.29, 1.82) is 0 Å². The van der Waals surface area contributed by atoms with Crippen LogP contribution < -0.4 is 15.2 Å². The molecule has 0 saturated heterocycles. The maximum absolute atomic E-state index is 5.65. The predicted octanol–water partition coefficient (Wildman–Crippen LogP) is 1.93. The van der Waals surface area contributed by atoms with Crippen molar-refractivity contribution in [1.82, 2.24) is 9.97 Å². The van der Waals surface area contributed by atoms with Gasteiger partial charge < -0.3 is 15.2 Å². The summed E-state index contributed by atoms with van der Waals surface area (Å²) in [5, 5.41) is 0. The topological polar surface area (TPSA) is 70.3 Å². The van der Waals surface area contributed by atoms with E-state index >= 15 is 0 Å². The lowest BCUT2D eigenvalue weighted by Gasteiger charge is -2.11. The van der Waals surface area contributed by atoms with Crippen LogP contribution in [0, 0.1) is 6.92 Å². The third-order valence-electron chi connectivity index (χ3n) is 2.78. The van der Waals surface area contributed by atoms with E-state index in [1.807, 2.05) is 31.2 Å². The smallest absolute Gasteiger partial charge is 0.128 e. The van der Waals surface area contributed by atoms with E-state index in [1.54, 1.807) is 14.2 Å². The van der Waals surface area contributed by atoms with Gasteiger partial charge >= 0.3 is 0 Å². The van der Waals surface area contributed by atoms with Crippen LogP contribution in [0.5, 0.6) is 11.5 Å². The van der Waals surface area contributed by atoms with Crippen molar-refractivity contribution in [3.05, 3.63) is 35.8 Å². The molecular formula is C14H17N3O2. The molecule has 2 N–H and O–H groups in total. The van der Waals surface area contributed by atoms with E-state index in [4.69, 9.17) is 15.2 Å². The van der Waals surface area contributed by atoms with E-state index in [2.05, 4.69) is 9.97 Å². The van der Waals surface area contributed by atoms with Crippen molar-refractivity contribution in [2.24, 2.45) is 5.73 Å². The fraction of sp³-hybridized carbons (Fsp3) is 0.286. The van der Waals surface area contributed by atoms with Crippen LogP contribution in [0.25, 0.3) is 11.3 Å². The molecule has 0 spiro atoms. The molecule has 1 aromatic carbocycles. The van der Waals surface area contributed by atoms with Gasteiger partial charge in [0.25, 0.3) is 0 Å². The quantitative estimate of drug-likeness (QED) is 0.908. The van der Waals surface area contributed by atoms with Crippen LogP contribution in [-0.2, 0) is 6.54 Å². The number of aryl methyl sites for hydroxylation is 1. The van der Waals surface area contributed by atoms with Gasteiger partial charge in [-0.15, -0.1) is 0 Å². The molecule has 100 valence electrons. The Morgan fingerprint density at radius 2 is 1.89 bits per heavy atom. The minimum Gasteiger partial charge on any atom is -0.497 e. The van der Waals surface area contributed by atoms with Gasteiger partial charge in [-0.05, 0) is 31.2 Å². The number of hydrogen-bond donors (Lipinski definition) is 1. The third-order valence-corrected chi connectivity index (χ3v) is 2.78. The summed E-state index contributed by atoms with van der Waals surface area (Å²) >= 11 is 0. The monoisotopic (exact) mass is 259 g/mol. The molecule has 2 aromatic rings. The van der Waals surface area contributed by atoms with E-state index in [9.17, 15) is 0 Å². The first-order chi connectivity index (χ1) is 9.17. The number of nitrogens with zero attached hydrogens (tertiary/aromatic N) is 2. The Bertz CT molecular complexity index is 585. The van der Waals surface area contributed by atoms with Gasteiger partial charge in [-0.1, -0.05) is 0 Å². The summed E-state index contributed by atoms with van der Waals surface area (Å²) in [5.41, 5.74) is 8.09. The molecule has 5 nitrogen and oxygen atoms in total. The van der Waals surface area contributed by atoms with Gasteiger partial charge in [-0.3, -0.25) is 0 Å². The zero-order chi connectivity index (χ0) is 13.8. The lowest BCUT2D eigenvalue weighted by atomic mass is 10.1. The number of hydrogen-bond acceptors (Lipinski definition) is 5. The first kappa shape index (κ1) is 13.3. The largest absolute Gasteiger partial charge is 0.497 e. The number of rotatable bonds is 4. The highest BCUT2D eigenvalue weighted by molar-refractivity contribution is 5.69. The van der Waals surface area contributed by atoms with Crippen molar-refractivity contribution >= 4 is 0 Å². The van der Waals surface area contributed by atoms with Gasteiger partial charge in [0.2, 0.25) is 0 Å². The molecule has 1 aromatic heterocycles. The minimum absolute atomic E-state index is 0.378. The second kappa shape index (κ2) is 5.67. The maximum atomic E-state index is 5.65. The molecule has 0 amide bonds. The van der Waals surface area contributed by atoms with E-state index in [0.29, 0.717) is 12.4 Å². The first-order valence-corrected chi connectivity index (χ1v) is 5.95. The van der Waals surface area contributed by atoms with Crippen LogP contribution in [-0.4, -0.2) is 24.2 Å². The molecule has 0 atom stereocenters. The Morgan fingerprint density at radius 1 is 1.11 bits per heavy atom. The Morgan fingerprint density at radius 3 is 2.53 bits per heavy atom. The summed E-state index contributed by atoms with van der Waals surface area (Å²) in [4.78, 5) is 8.70. The van der Waals surface area contributed by atoms with Crippen LogP contribution in [0.2, 0.25) is 0 Å². The predicted molar refractivity (Wildman–Crippen MR) is 73.2 cm³/mol. The van der Waals surface area contributed by atoms with Crippen LogP contribution in [0.15, 0.2) is 24.3 Å². The molecule has 0 fully saturated rings.